The summed E-state index contributed by atoms with van der Waals surface area (Å²) < 4.78 is 0. The summed E-state index contributed by atoms with van der Waals surface area (Å²) in [4.78, 5) is 4.17. The molecule has 0 amide bonds. The Morgan fingerprint density at radius 2 is 1.95 bits per heavy atom. The number of hydrogen-bond donors (Lipinski definition) is 1. The molecule has 0 saturated carbocycles. The summed E-state index contributed by atoms with van der Waals surface area (Å²) in [5, 5.41) is 0. The molecule has 0 spiro atoms. The van der Waals surface area contributed by atoms with E-state index in [1.807, 2.05) is 12.4 Å². The summed E-state index contributed by atoms with van der Waals surface area (Å²) in [6.07, 6.45) is 8.01. The van der Waals surface area contributed by atoms with Crippen LogP contribution < -0.4 is 5.73 Å². The molecule has 1 unspecified atom stereocenters. The maximum Gasteiger partial charge on any atom is 0.0303 e. The zero-order valence-corrected chi connectivity index (χ0v) is 11.5. The average molecular weight is 254 g/mol. The van der Waals surface area contributed by atoms with E-state index in [9.17, 15) is 0 Å². The van der Waals surface area contributed by atoms with Crippen LogP contribution in [0, 0.1) is 0 Å². The van der Waals surface area contributed by atoms with Gasteiger partial charge in [0.25, 0.3) is 0 Å². The number of nitrogens with two attached hydrogens (primary N) is 1. The highest BCUT2D eigenvalue weighted by atomic mass is 14.7. The summed E-state index contributed by atoms with van der Waals surface area (Å²) in [6.45, 7) is 2.15. The molecular weight excluding hydrogens is 232 g/mol. The van der Waals surface area contributed by atoms with Gasteiger partial charge in [0.15, 0.2) is 0 Å². The lowest BCUT2D eigenvalue weighted by molar-refractivity contribution is 0.606. The number of nitrogens with zero attached hydrogens (tertiary/aromatic N) is 1. The fraction of sp³-hybridized carbons (Fsp3) is 0.353. The summed E-state index contributed by atoms with van der Waals surface area (Å²) in [5.41, 5.74) is 10.2. The molecule has 2 aromatic rings. The maximum absolute atomic E-state index is 6.31. The molecule has 2 N–H and O–H groups in total. The molecule has 100 valence electrons. The van der Waals surface area contributed by atoms with Gasteiger partial charge >= 0.3 is 0 Å². The number of hydrogen-bond acceptors (Lipinski definition) is 2. The van der Waals surface area contributed by atoms with Crippen molar-refractivity contribution >= 4 is 0 Å². The third kappa shape index (κ3) is 3.90. The molecule has 0 aliphatic heterocycles. The van der Waals surface area contributed by atoms with E-state index < -0.39 is 0 Å². The Kier molecular flexibility index (Phi) is 5.10. The normalized spacial score (nSPS) is 12.3. The van der Waals surface area contributed by atoms with Gasteiger partial charge in [0, 0.05) is 18.4 Å². The number of aryl methyl sites for hydroxylation is 2. The fourth-order valence-electron chi connectivity index (χ4n) is 2.42. The molecule has 0 radical (unpaired) electrons. The first-order chi connectivity index (χ1) is 9.31. The minimum Gasteiger partial charge on any atom is -0.324 e. The zero-order chi connectivity index (χ0) is 13.5. The van der Waals surface area contributed by atoms with Gasteiger partial charge in [0.05, 0.1) is 0 Å². The Balaban J connectivity index is 1.89. The van der Waals surface area contributed by atoms with E-state index in [0.717, 1.165) is 25.7 Å². The van der Waals surface area contributed by atoms with Crippen LogP contribution in [0.1, 0.15) is 42.5 Å². The summed E-state index contributed by atoms with van der Waals surface area (Å²) in [7, 11) is 0. The third-order valence-corrected chi connectivity index (χ3v) is 3.55. The molecular formula is C17H22N2. The molecule has 1 atom stereocenters. The SMILES string of the molecule is CCc1cnccc1C(N)CCCc1ccccc1. The van der Waals surface area contributed by atoms with E-state index in [4.69, 9.17) is 5.73 Å². The lowest BCUT2D eigenvalue weighted by atomic mass is 9.96. The Hall–Kier alpha value is -1.67. The van der Waals surface area contributed by atoms with Crippen LogP contribution in [0.25, 0.3) is 0 Å². The molecule has 1 aromatic carbocycles. The Bertz CT molecular complexity index is 494. The predicted octanol–water partition coefficient (Wildman–Crippen LogP) is 3.67. The second-order valence-corrected chi connectivity index (χ2v) is 4.91. The summed E-state index contributed by atoms with van der Waals surface area (Å²) >= 11 is 0. The molecule has 0 bridgehead atoms. The number of rotatable bonds is 6. The highest BCUT2D eigenvalue weighted by molar-refractivity contribution is 5.26. The second-order valence-electron chi connectivity index (χ2n) is 4.91. The first-order valence-corrected chi connectivity index (χ1v) is 7.03. The monoisotopic (exact) mass is 254 g/mol. The first kappa shape index (κ1) is 13.8. The van der Waals surface area contributed by atoms with E-state index in [1.54, 1.807) is 0 Å². The quantitative estimate of drug-likeness (QED) is 0.854. The van der Waals surface area contributed by atoms with Crippen molar-refractivity contribution in [2.45, 2.75) is 38.6 Å². The largest absolute Gasteiger partial charge is 0.324 e. The van der Waals surface area contributed by atoms with Crippen molar-refractivity contribution in [3.8, 4) is 0 Å². The highest BCUT2D eigenvalue weighted by Gasteiger charge is 2.09. The third-order valence-electron chi connectivity index (χ3n) is 3.55. The van der Waals surface area contributed by atoms with Crippen molar-refractivity contribution in [3.63, 3.8) is 0 Å². The van der Waals surface area contributed by atoms with Crippen molar-refractivity contribution in [2.24, 2.45) is 5.73 Å². The topological polar surface area (TPSA) is 38.9 Å². The van der Waals surface area contributed by atoms with Crippen molar-refractivity contribution < 1.29 is 0 Å². The van der Waals surface area contributed by atoms with Crippen molar-refractivity contribution in [2.75, 3.05) is 0 Å². The van der Waals surface area contributed by atoms with Gasteiger partial charge in [-0.3, -0.25) is 4.98 Å². The van der Waals surface area contributed by atoms with Crippen LogP contribution in [-0.4, -0.2) is 4.98 Å². The maximum atomic E-state index is 6.31. The standard InChI is InChI=1S/C17H22N2/c1-2-15-13-19-12-11-16(15)17(18)10-6-9-14-7-4-3-5-8-14/h3-5,7-8,11-13,17H,2,6,9-10,18H2,1H3. The number of pyridine rings is 1. The molecule has 2 nitrogen and oxygen atoms in total. The van der Waals surface area contributed by atoms with Gasteiger partial charge < -0.3 is 5.73 Å². The van der Waals surface area contributed by atoms with Gasteiger partial charge in [0.1, 0.15) is 0 Å². The molecule has 2 rings (SSSR count). The van der Waals surface area contributed by atoms with Crippen LogP contribution in [0.15, 0.2) is 48.8 Å². The molecule has 2 heteroatoms. The average Bonchev–Trinajstić information content (AvgIpc) is 2.48. The molecule has 0 saturated heterocycles. The lowest BCUT2D eigenvalue weighted by Crippen LogP contribution is -2.13. The Morgan fingerprint density at radius 3 is 2.68 bits per heavy atom. The molecule has 0 aliphatic rings. The van der Waals surface area contributed by atoms with Crippen LogP contribution >= 0.6 is 0 Å². The van der Waals surface area contributed by atoms with Gasteiger partial charge in [-0.1, -0.05) is 37.3 Å². The number of benzene rings is 1. The lowest BCUT2D eigenvalue weighted by Gasteiger charge is -2.15. The van der Waals surface area contributed by atoms with E-state index in [-0.39, 0.29) is 6.04 Å². The predicted molar refractivity (Wildman–Crippen MR) is 79.9 cm³/mol. The second kappa shape index (κ2) is 7.05. The summed E-state index contributed by atoms with van der Waals surface area (Å²) in [6, 6.07) is 12.8. The van der Waals surface area contributed by atoms with Crippen LogP contribution in [0.4, 0.5) is 0 Å². The zero-order valence-electron chi connectivity index (χ0n) is 11.5. The fourth-order valence-corrected chi connectivity index (χ4v) is 2.42. The Labute approximate surface area is 115 Å². The highest BCUT2D eigenvalue weighted by Crippen LogP contribution is 2.20. The van der Waals surface area contributed by atoms with Crippen molar-refractivity contribution in [1.82, 2.24) is 4.98 Å². The van der Waals surface area contributed by atoms with Crippen LogP contribution in [0.5, 0.6) is 0 Å². The minimum absolute atomic E-state index is 0.127. The molecule has 1 aromatic heterocycles. The van der Waals surface area contributed by atoms with Gasteiger partial charge in [-0.2, -0.15) is 0 Å². The molecule has 1 heterocycles. The van der Waals surface area contributed by atoms with Gasteiger partial charge in [-0.15, -0.1) is 0 Å². The Morgan fingerprint density at radius 1 is 1.16 bits per heavy atom. The van der Waals surface area contributed by atoms with Gasteiger partial charge in [-0.05, 0) is 48.4 Å². The van der Waals surface area contributed by atoms with Crippen LogP contribution in [-0.2, 0) is 12.8 Å². The van der Waals surface area contributed by atoms with Crippen molar-refractivity contribution in [3.05, 3.63) is 65.5 Å². The molecule has 0 fully saturated rings. The minimum atomic E-state index is 0.127. The van der Waals surface area contributed by atoms with Gasteiger partial charge in [-0.25, -0.2) is 0 Å². The van der Waals surface area contributed by atoms with Crippen molar-refractivity contribution in [1.29, 1.82) is 0 Å². The molecule has 19 heavy (non-hydrogen) atoms. The summed E-state index contributed by atoms with van der Waals surface area (Å²) in [5.74, 6) is 0. The van der Waals surface area contributed by atoms with Crippen LogP contribution in [0.3, 0.4) is 0 Å². The van der Waals surface area contributed by atoms with E-state index in [0.29, 0.717) is 0 Å². The van der Waals surface area contributed by atoms with E-state index in [2.05, 4.69) is 48.3 Å². The smallest absolute Gasteiger partial charge is 0.0303 e. The number of aromatic nitrogens is 1. The molecule has 0 aliphatic carbocycles. The first-order valence-electron chi connectivity index (χ1n) is 7.03. The van der Waals surface area contributed by atoms with Crippen LogP contribution in [0.2, 0.25) is 0 Å². The van der Waals surface area contributed by atoms with E-state index >= 15 is 0 Å². The van der Waals surface area contributed by atoms with Gasteiger partial charge in [0.2, 0.25) is 0 Å². The van der Waals surface area contributed by atoms with E-state index in [1.165, 1.54) is 16.7 Å².